The minimum absolute atomic E-state index is 0.259. The molecule has 0 aliphatic heterocycles. The van der Waals surface area contributed by atoms with Crippen molar-refractivity contribution < 1.29 is 9.50 Å². The second-order valence-electron chi connectivity index (χ2n) is 3.30. The third kappa shape index (κ3) is 2.54. The second kappa shape index (κ2) is 4.73. The molecule has 0 spiro atoms. The first-order valence-electron chi connectivity index (χ1n) is 4.47. The Morgan fingerprint density at radius 1 is 1.50 bits per heavy atom. The van der Waals surface area contributed by atoms with E-state index in [9.17, 15) is 9.50 Å². The van der Waals surface area contributed by atoms with Crippen LogP contribution >= 0.6 is 0 Å². The highest BCUT2D eigenvalue weighted by atomic mass is 19.1. The van der Waals surface area contributed by atoms with Crippen LogP contribution in [-0.4, -0.2) is 5.11 Å². The zero-order valence-corrected chi connectivity index (χ0v) is 7.94. The van der Waals surface area contributed by atoms with Gasteiger partial charge in [0.2, 0.25) is 0 Å². The van der Waals surface area contributed by atoms with E-state index in [2.05, 4.69) is 0 Å². The summed E-state index contributed by atoms with van der Waals surface area (Å²) in [5.41, 5.74) is 0.259. The van der Waals surface area contributed by atoms with Gasteiger partial charge in [-0.25, -0.2) is 4.39 Å². The predicted molar refractivity (Wildman–Crippen MR) is 50.8 cm³/mol. The fourth-order valence-corrected chi connectivity index (χ4v) is 1.26. The van der Waals surface area contributed by atoms with Gasteiger partial charge in [-0.2, -0.15) is 5.26 Å². The molecule has 0 aromatic heterocycles. The van der Waals surface area contributed by atoms with E-state index in [1.54, 1.807) is 19.1 Å². The molecule has 0 saturated heterocycles. The Labute approximate surface area is 82.6 Å². The van der Waals surface area contributed by atoms with Gasteiger partial charge in [0.25, 0.3) is 0 Å². The lowest BCUT2D eigenvalue weighted by atomic mass is 9.99. The Hall–Kier alpha value is -1.40. The maximum absolute atomic E-state index is 13.2. The van der Waals surface area contributed by atoms with Crippen LogP contribution in [0.5, 0.6) is 0 Å². The van der Waals surface area contributed by atoms with Crippen molar-refractivity contribution in [1.82, 2.24) is 0 Å². The normalized spacial score (nSPS) is 14.4. The highest BCUT2D eigenvalue weighted by Gasteiger charge is 2.14. The lowest BCUT2D eigenvalue weighted by Gasteiger charge is -2.12. The van der Waals surface area contributed by atoms with Gasteiger partial charge in [-0.05, 0) is 19.4 Å². The second-order valence-corrected chi connectivity index (χ2v) is 3.30. The van der Waals surface area contributed by atoms with Crippen molar-refractivity contribution >= 4 is 0 Å². The summed E-state index contributed by atoms with van der Waals surface area (Å²) in [7, 11) is 0. The fourth-order valence-electron chi connectivity index (χ4n) is 1.26. The van der Waals surface area contributed by atoms with E-state index < -0.39 is 11.9 Å². The summed E-state index contributed by atoms with van der Waals surface area (Å²) < 4.78 is 13.2. The van der Waals surface area contributed by atoms with Crippen LogP contribution in [0, 0.1) is 23.1 Å². The summed E-state index contributed by atoms with van der Waals surface area (Å²) in [5.74, 6) is -0.699. The molecular formula is C11H12FNO. The number of nitriles is 1. The molecule has 0 bridgehead atoms. The molecule has 0 aliphatic rings. The van der Waals surface area contributed by atoms with Crippen LogP contribution in [0.1, 0.15) is 25.0 Å². The lowest BCUT2D eigenvalue weighted by Crippen LogP contribution is -2.04. The number of hydrogen-bond acceptors (Lipinski definition) is 2. The Kier molecular flexibility index (Phi) is 3.61. The number of halogens is 1. The van der Waals surface area contributed by atoms with Gasteiger partial charge in [0.15, 0.2) is 0 Å². The van der Waals surface area contributed by atoms with Crippen molar-refractivity contribution in [3.05, 3.63) is 35.6 Å². The van der Waals surface area contributed by atoms with E-state index in [0.717, 1.165) is 0 Å². The maximum Gasteiger partial charge on any atom is 0.128 e. The molecular weight excluding hydrogens is 181 g/mol. The zero-order valence-electron chi connectivity index (χ0n) is 7.94. The summed E-state index contributed by atoms with van der Waals surface area (Å²) >= 11 is 0. The molecule has 0 radical (unpaired) electrons. The quantitative estimate of drug-likeness (QED) is 0.801. The SMILES string of the molecule is CC(C#N)CC(O)c1ccccc1F. The van der Waals surface area contributed by atoms with E-state index in [0.29, 0.717) is 0 Å². The number of rotatable bonds is 3. The Bertz CT molecular complexity index is 345. The van der Waals surface area contributed by atoms with Crippen molar-refractivity contribution in [2.24, 2.45) is 5.92 Å². The summed E-state index contributed by atoms with van der Waals surface area (Å²) in [6.45, 7) is 1.70. The average molecular weight is 193 g/mol. The van der Waals surface area contributed by atoms with Crippen LogP contribution in [-0.2, 0) is 0 Å². The summed E-state index contributed by atoms with van der Waals surface area (Å²) in [5, 5.41) is 18.2. The standard InChI is InChI=1S/C11H12FNO/c1-8(7-13)6-11(14)9-4-2-3-5-10(9)12/h2-5,8,11,14H,6H2,1H3. The van der Waals surface area contributed by atoms with E-state index in [1.807, 2.05) is 6.07 Å². The molecule has 2 unspecified atom stereocenters. The third-order valence-electron chi connectivity index (χ3n) is 2.06. The molecule has 74 valence electrons. The molecule has 0 aliphatic carbocycles. The monoisotopic (exact) mass is 193 g/mol. The van der Waals surface area contributed by atoms with Crippen LogP contribution in [0.3, 0.4) is 0 Å². The predicted octanol–water partition coefficient (Wildman–Crippen LogP) is 2.41. The number of aliphatic hydroxyl groups excluding tert-OH is 1. The number of nitrogens with zero attached hydrogens (tertiary/aromatic N) is 1. The highest BCUT2D eigenvalue weighted by molar-refractivity contribution is 5.19. The minimum atomic E-state index is -0.897. The average Bonchev–Trinajstić information content (AvgIpc) is 2.18. The van der Waals surface area contributed by atoms with Crippen LogP contribution < -0.4 is 0 Å². The van der Waals surface area contributed by atoms with Gasteiger partial charge in [0.1, 0.15) is 5.82 Å². The van der Waals surface area contributed by atoms with Crippen LogP contribution in [0.25, 0.3) is 0 Å². The van der Waals surface area contributed by atoms with Crippen molar-refractivity contribution in [2.75, 3.05) is 0 Å². The van der Waals surface area contributed by atoms with Crippen molar-refractivity contribution in [1.29, 1.82) is 5.26 Å². The van der Waals surface area contributed by atoms with E-state index in [-0.39, 0.29) is 17.9 Å². The molecule has 2 nitrogen and oxygen atoms in total. The lowest BCUT2D eigenvalue weighted by molar-refractivity contribution is 0.152. The van der Waals surface area contributed by atoms with Crippen LogP contribution in [0.15, 0.2) is 24.3 Å². The molecule has 0 saturated carbocycles. The molecule has 1 N–H and O–H groups in total. The summed E-state index contributed by atoms with van der Waals surface area (Å²) in [6, 6.07) is 8.07. The van der Waals surface area contributed by atoms with Crippen molar-refractivity contribution in [3.8, 4) is 6.07 Å². The molecule has 14 heavy (non-hydrogen) atoms. The Morgan fingerprint density at radius 3 is 2.71 bits per heavy atom. The van der Waals surface area contributed by atoms with E-state index in [4.69, 9.17) is 5.26 Å². The van der Waals surface area contributed by atoms with Gasteiger partial charge in [-0.3, -0.25) is 0 Å². The van der Waals surface area contributed by atoms with Gasteiger partial charge >= 0.3 is 0 Å². The smallest absolute Gasteiger partial charge is 0.128 e. The molecule has 1 rings (SSSR count). The van der Waals surface area contributed by atoms with Gasteiger partial charge in [0.05, 0.1) is 12.2 Å². The summed E-state index contributed by atoms with van der Waals surface area (Å²) in [4.78, 5) is 0. The maximum atomic E-state index is 13.2. The first kappa shape index (κ1) is 10.7. The number of aliphatic hydroxyl groups is 1. The molecule has 0 fully saturated rings. The Balaban J connectivity index is 2.75. The summed E-state index contributed by atoms with van der Waals surface area (Å²) in [6.07, 6.45) is -0.636. The molecule has 3 heteroatoms. The topological polar surface area (TPSA) is 44.0 Å². The Morgan fingerprint density at radius 2 is 2.14 bits per heavy atom. The van der Waals surface area contributed by atoms with Crippen molar-refractivity contribution in [2.45, 2.75) is 19.4 Å². The first-order chi connectivity index (χ1) is 6.65. The molecule has 0 heterocycles. The molecule has 2 atom stereocenters. The number of benzene rings is 1. The third-order valence-corrected chi connectivity index (χ3v) is 2.06. The fraction of sp³-hybridized carbons (Fsp3) is 0.364. The van der Waals surface area contributed by atoms with E-state index >= 15 is 0 Å². The highest BCUT2D eigenvalue weighted by Crippen LogP contribution is 2.22. The van der Waals surface area contributed by atoms with Crippen LogP contribution in [0.2, 0.25) is 0 Å². The molecule has 0 amide bonds. The van der Waals surface area contributed by atoms with Gasteiger partial charge in [-0.15, -0.1) is 0 Å². The van der Waals surface area contributed by atoms with Gasteiger partial charge < -0.3 is 5.11 Å². The van der Waals surface area contributed by atoms with Crippen LogP contribution in [0.4, 0.5) is 4.39 Å². The largest absolute Gasteiger partial charge is 0.388 e. The van der Waals surface area contributed by atoms with Gasteiger partial charge in [-0.1, -0.05) is 18.2 Å². The number of hydrogen-bond donors (Lipinski definition) is 1. The minimum Gasteiger partial charge on any atom is -0.388 e. The molecule has 1 aromatic rings. The molecule has 1 aromatic carbocycles. The first-order valence-corrected chi connectivity index (χ1v) is 4.47. The van der Waals surface area contributed by atoms with E-state index in [1.165, 1.54) is 12.1 Å². The van der Waals surface area contributed by atoms with Crippen molar-refractivity contribution in [3.63, 3.8) is 0 Å². The zero-order chi connectivity index (χ0) is 10.6. The van der Waals surface area contributed by atoms with Gasteiger partial charge in [0, 0.05) is 11.5 Å².